The number of quaternary nitrogens is 2. The predicted octanol–water partition coefficient (Wildman–Crippen LogP) is -4.10. The molecule has 7 nitrogen and oxygen atoms in total. The molecule has 0 aromatic heterocycles. The second-order valence-corrected chi connectivity index (χ2v) is 9.23. The maximum atomic E-state index is 11.9. The summed E-state index contributed by atoms with van der Waals surface area (Å²) >= 11 is 0. The summed E-state index contributed by atoms with van der Waals surface area (Å²) in [5, 5.41) is 5.86. The number of rotatable bonds is 17. The van der Waals surface area contributed by atoms with Crippen molar-refractivity contribution in [1.29, 1.82) is 0 Å². The molecule has 2 amide bonds. The smallest absolute Gasteiger partial charge is 0.220 e. The van der Waals surface area contributed by atoms with Gasteiger partial charge < -0.3 is 49.2 Å². The molecule has 0 aromatic carbocycles. The minimum absolute atomic E-state index is 0. The Kier molecular flexibility index (Phi) is 22.2. The van der Waals surface area contributed by atoms with E-state index in [9.17, 15) is 9.59 Å². The molecule has 0 heterocycles. The van der Waals surface area contributed by atoms with Crippen molar-refractivity contribution < 1.29 is 48.1 Å². The number of hydrogen-bond donors (Lipinski definition) is 2. The van der Waals surface area contributed by atoms with E-state index in [4.69, 9.17) is 4.74 Å². The monoisotopic (exact) mass is 484 g/mol. The minimum Gasteiger partial charge on any atom is -1.00 e. The molecular formula is C22H46Cl2N4O3. The molecule has 0 aromatic rings. The van der Waals surface area contributed by atoms with Gasteiger partial charge in [-0.05, 0) is 25.3 Å². The van der Waals surface area contributed by atoms with Crippen LogP contribution in [0.1, 0.15) is 45.4 Å². The van der Waals surface area contributed by atoms with Gasteiger partial charge in [-0.2, -0.15) is 0 Å². The Hall–Kier alpha value is -0.860. The standard InChI is InChI=1S/C22H44N4O3.2ClH/c1-7-19-29-20-18-26(5,6)17-11-15-24-22(28)13-9-8-12-21(27)23-14-10-16-25(2,3)4;;/h11,17H,7-10,12-16,18-20H2,1-6H3;2*1H/b17-11-;;. The Morgan fingerprint density at radius 1 is 0.839 bits per heavy atom. The van der Waals surface area contributed by atoms with E-state index < -0.39 is 0 Å². The molecule has 0 fully saturated rings. The third-order valence-corrected chi connectivity index (χ3v) is 4.47. The highest BCUT2D eigenvalue weighted by molar-refractivity contribution is 5.77. The fraction of sp³-hybridized carbons (Fsp3) is 0.818. The zero-order valence-electron chi connectivity index (χ0n) is 20.5. The number of likely N-dealkylation sites (N-methyl/N-ethyl adjacent to an activating group) is 1. The molecule has 0 atom stereocenters. The van der Waals surface area contributed by atoms with Crippen LogP contribution in [0.2, 0.25) is 0 Å². The van der Waals surface area contributed by atoms with Gasteiger partial charge in [0.25, 0.3) is 0 Å². The van der Waals surface area contributed by atoms with E-state index in [1.165, 1.54) is 0 Å². The van der Waals surface area contributed by atoms with Crippen LogP contribution in [-0.4, -0.2) is 95.4 Å². The Labute approximate surface area is 202 Å². The molecular weight excluding hydrogens is 439 g/mol. The normalized spacial score (nSPS) is 11.5. The first kappa shape index (κ1) is 34.7. The average molecular weight is 486 g/mol. The third kappa shape index (κ3) is 25.3. The van der Waals surface area contributed by atoms with Crippen LogP contribution >= 0.6 is 0 Å². The van der Waals surface area contributed by atoms with Gasteiger partial charge in [0.1, 0.15) is 6.54 Å². The van der Waals surface area contributed by atoms with Gasteiger partial charge in [0.15, 0.2) is 0 Å². The number of ether oxygens (including phenoxy) is 1. The molecule has 0 rings (SSSR count). The molecule has 0 spiro atoms. The van der Waals surface area contributed by atoms with Gasteiger partial charge in [-0.15, -0.1) is 0 Å². The van der Waals surface area contributed by atoms with E-state index >= 15 is 0 Å². The van der Waals surface area contributed by atoms with Crippen molar-refractivity contribution in [1.82, 2.24) is 10.6 Å². The fourth-order valence-corrected chi connectivity index (χ4v) is 2.66. The van der Waals surface area contributed by atoms with Crippen LogP contribution in [0.5, 0.6) is 0 Å². The highest BCUT2D eigenvalue weighted by Gasteiger charge is 2.10. The van der Waals surface area contributed by atoms with Gasteiger partial charge in [0.05, 0.1) is 54.6 Å². The Balaban J connectivity index is -0.00000392. The van der Waals surface area contributed by atoms with Gasteiger partial charge in [-0.3, -0.25) is 9.59 Å². The second kappa shape index (κ2) is 19.8. The van der Waals surface area contributed by atoms with Crippen LogP contribution in [0.4, 0.5) is 0 Å². The number of nitrogens with zero attached hydrogens (tertiary/aromatic N) is 2. The van der Waals surface area contributed by atoms with Crippen LogP contribution < -0.4 is 35.4 Å². The second-order valence-electron chi connectivity index (χ2n) is 9.23. The van der Waals surface area contributed by atoms with E-state index in [1.54, 1.807) is 0 Å². The van der Waals surface area contributed by atoms with Crippen LogP contribution in [0.3, 0.4) is 0 Å². The first-order valence-corrected chi connectivity index (χ1v) is 11.0. The molecule has 0 unspecified atom stereocenters. The quantitative estimate of drug-likeness (QED) is 0.163. The summed E-state index contributed by atoms with van der Waals surface area (Å²) in [6, 6.07) is 0. The summed E-state index contributed by atoms with van der Waals surface area (Å²) in [4.78, 5) is 23.7. The van der Waals surface area contributed by atoms with Crippen molar-refractivity contribution in [3.63, 3.8) is 0 Å². The number of amides is 2. The molecule has 9 heteroatoms. The maximum Gasteiger partial charge on any atom is 0.220 e. The summed E-state index contributed by atoms with van der Waals surface area (Å²) in [5.74, 6) is 0.118. The van der Waals surface area contributed by atoms with Gasteiger partial charge in [-0.25, -0.2) is 0 Å². The number of halogens is 2. The lowest BCUT2D eigenvalue weighted by Gasteiger charge is -2.24. The lowest BCUT2D eigenvalue weighted by Crippen LogP contribution is -3.00. The number of nitrogens with one attached hydrogen (secondary N) is 2. The van der Waals surface area contributed by atoms with Gasteiger partial charge in [0, 0.05) is 39.0 Å². The Morgan fingerprint density at radius 2 is 1.42 bits per heavy atom. The van der Waals surface area contributed by atoms with Crippen molar-refractivity contribution in [3.8, 4) is 0 Å². The largest absolute Gasteiger partial charge is 1.00 e. The third-order valence-electron chi connectivity index (χ3n) is 4.47. The zero-order valence-corrected chi connectivity index (χ0v) is 22.0. The molecule has 2 N–H and O–H groups in total. The molecule has 0 aliphatic heterocycles. The van der Waals surface area contributed by atoms with Crippen molar-refractivity contribution in [2.24, 2.45) is 0 Å². The van der Waals surface area contributed by atoms with Crippen molar-refractivity contribution in [3.05, 3.63) is 12.3 Å². The van der Waals surface area contributed by atoms with Crippen LogP contribution in [-0.2, 0) is 14.3 Å². The first-order valence-electron chi connectivity index (χ1n) is 11.0. The van der Waals surface area contributed by atoms with Crippen molar-refractivity contribution >= 4 is 11.8 Å². The number of carbonyl (C=O) groups excluding carboxylic acids is 2. The molecule has 0 bridgehead atoms. The first-order chi connectivity index (χ1) is 13.6. The Morgan fingerprint density at radius 3 is 1.97 bits per heavy atom. The van der Waals surface area contributed by atoms with Crippen molar-refractivity contribution in [2.75, 3.05) is 74.6 Å². The topological polar surface area (TPSA) is 67.4 Å². The molecule has 0 saturated heterocycles. The maximum absolute atomic E-state index is 11.9. The lowest BCUT2D eigenvalue weighted by atomic mass is 10.2. The molecule has 186 valence electrons. The van der Waals surface area contributed by atoms with E-state index in [1.807, 2.05) is 6.08 Å². The molecule has 0 aliphatic carbocycles. The number of unbranched alkanes of at least 4 members (excludes halogenated alkanes) is 1. The van der Waals surface area contributed by atoms with Crippen LogP contribution in [0.25, 0.3) is 0 Å². The Bertz CT molecular complexity index is 496. The van der Waals surface area contributed by atoms with Gasteiger partial charge in [0.2, 0.25) is 11.8 Å². The highest BCUT2D eigenvalue weighted by Crippen LogP contribution is 2.01. The predicted molar refractivity (Wildman–Crippen MR) is 119 cm³/mol. The summed E-state index contributed by atoms with van der Waals surface area (Å²) in [6.07, 6.45) is 8.52. The van der Waals surface area contributed by atoms with E-state index in [0.29, 0.717) is 19.4 Å². The lowest BCUT2D eigenvalue weighted by molar-refractivity contribution is -0.870. The van der Waals surface area contributed by atoms with E-state index in [-0.39, 0.29) is 36.6 Å². The average Bonchev–Trinajstić information content (AvgIpc) is 2.62. The minimum atomic E-state index is 0. The van der Waals surface area contributed by atoms with E-state index in [0.717, 1.165) is 67.5 Å². The summed E-state index contributed by atoms with van der Waals surface area (Å²) in [7, 11) is 10.7. The van der Waals surface area contributed by atoms with Gasteiger partial charge in [-0.1, -0.05) is 6.92 Å². The molecule has 31 heavy (non-hydrogen) atoms. The number of hydrogen-bond acceptors (Lipinski definition) is 3. The number of carbonyl (C=O) groups is 2. The molecule has 0 radical (unpaired) electrons. The van der Waals surface area contributed by atoms with Crippen LogP contribution in [0.15, 0.2) is 12.3 Å². The highest BCUT2D eigenvalue weighted by atomic mass is 35.5. The zero-order chi connectivity index (χ0) is 22.2. The molecule has 0 aliphatic rings. The summed E-state index contributed by atoms with van der Waals surface area (Å²) in [5.41, 5.74) is 0. The summed E-state index contributed by atoms with van der Waals surface area (Å²) < 4.78 is 7.16. The van der Waals surface area contributed by atoms with E-state index in [2.05, 4.69) is 59.0 Å². The summed E-state index contributed by atoms with van der Waals surface area (Å²) in [6.45, 7) is 6.84. The van der Waals surface area contributed by atoms with Crippen molar-refractivity contribution in [2.45, 2.75) is 45.4 Å². The SMILES string of the molecule is CCCOCC[N+](C)(C)/C=C\CNC(=O)CCCCC(=O)NCCC[N+](C)(C)C.[Cl-].[Cl-]. The van der Waals surface area contributed by atoms with Crippen LogP contribution in [0, 0.1) is 0 Å². The fourth-order valence-electron chi connectivity index (χ4n) is 2.66. The van der Waals surface area contributed by atoms with Gasteiger partial charge >= 0.3 is 0 Å². The molecule has 0 saturated carbocycles.